The molecule has 0 aliphatic rings. The first kappa shape index (κ1) is 13.7. The van der Waals surface area contributed by atoms with Crippen molar-refractivity contribution in [1.82, 2.24) is 15.2 Å². The van der Waals surface area contributed by atoms with Gasteiger partial charge in [0.2, 0.25) is 11.7 Å². The summed E-state index contributed by atoms with van der Waals surface area (Å²) in [6.07, 6.45) is 0.673. The Bertz CT molecular complexity index is 663. The largest absolute Gasteiger partial charge is 0.366 e. The molecule has 0 bridgehead atoms. The molecule has 2 amide bonds. The predicted molar refractivity (Wildman–Crippen MR) is 73.4 cm³/mol. The van der Waals surface area contributed by atoms with Crippen LogP contribution in [-0.2, 0) is 6.42 Å². The van der Waals surface area contributed by atoms with E-state index in [4.69, 9.17) is 5.73 Å². The number of nitrogens with zero attached hydrogens (tertiary/aromatic N) is 2. The number of benzene rings is 1. The first-order chi connectivity index (χ1) is 9.51. The quantitative estimate of drug-likeness (QED) is 0.771. The monoisotopic (exact) mass is 273 g/mol. The van der Waals surface area contributed by atoms with Crippen molar-refractivity contribution < 1.29 is 9.59 Å². The van der Waals surface area contributed by atoms with E-state index in [1.54, 1.807) is 25.1 Å². The number of nitrogens with one attached hydrogen (secondary N) is 2. The number of aryl methyl sites for hydroxylation is 2. The van der Waals surface area contributed by atoms with Gasteiger partial charge in [0, 0.05) is 17.7 Å². The minimum Gasteiger partial charge on any atom is -0.366 e. The average Bonchev–Trinajstić information content (AvgIpc) is 2.89. The van der Waals surface area contributed by atoms with Crippen molar-refractivity contribution in [2.24, 2.45) is 5.73 Å². The van der Waals surface area contributed by atoms with Gasteiger partial charge in [-0.15, -0.1) is 5.10 Å². The fraction of sp³-hybridized carbons (Fsp3) is 0.231. The maximum absolute atomic E-state index is 12.0. The molecule has 4 N–H and O–H groups in total. The maximum Gasteiger partial charge on any atom is 0.295 e. The van der Waals surface area contributed by atoms with Gasteiger partial charge in [0.05, 0.1) is 0 Å². The second-order valence-electron chi connectivity index (χ2n) is 4.31. The van der Waals surface area contributed by atoms with Gasteiger partial charge < -0.3 is 11.1 Å². The number of primary amides is 1. The lowest BCUT2D eigenvalue weighted by atomic mass is 10.1. The Morgan fingerprint density at radius 1 is 1.40 bits per heavy atom. The topological polar surface area (TPSA) is 114 Å². The maximum atomic E-state index is 12.0. The van der Waals surface area contributed by atoms with Crippen LogP contribution in [0.5, 0.6) is 0 Å². The fourth-order valence-electron chi connectivity index (χ4n) is 1.69. The average molecular weight is 273 g/mol. The molecule has 7 heteroatoms. The number of aromatic amines is 1. The molecule has 1 heterocycles. The molecule has 0 aliphatic carbocycles. The van der Waals surface area contributed by atoms with Crippen LogP contribution in [0.25, 0.3) is 0 Å². The molecule has 0 spiro atoms. The van der Waals surface area contributed by atoms with Gasteiger partial charge >= 0.3 is 0 Å². The Kier molecular flexibility index (Phi) is 3.79. The number of nitrogens with two attached hydrogens (primary N) is 1. The number of carbonyl (C=O) groups is 2. The predicted octanol–water partition coefficient (Wildman–Crippen LogP) is 1.03. The van der Waals surface area contributed by atoms with Crippen molar-refractivity contribution >= 4 is 17.5 Å². The third-order valence-corrected chi connectivity index (χ3v) is 2.83. The molecule has 1 aromatic heterocycles. The van der Waals surface area contributed by atoms with Crippen LogP contribution < -0.4 is 11.1 Å². The van der Waals surface area contributed by atoms with Crippen LogP contribution in [0.1, 0.15) is 39.3 Å². The van der Waals surface area contributed by atoms with Crippen molar-refractivity contribution in [3.05, 3.63) is 41.0 Å². The Labute approximate surface area is 115 Å². The molecular formula is C13H15N5O2. The summed E-state index contributed by atoms with van der Waals surface area (Å²) in [6, 6.07) is 4.80. The standard InChI is InChI=1S/C13H15N5O2/c1-3-10-16-12(18-17-10)13(20)15-9-5-4-8(11(14)19)6-7(9)2/h4-6H,3H2,1-2H3,(H2,14,19)(H,15,20)(H,16,17,18). The summed E-state index contributed by atoms with van der Waals surface area (Å²) in [4.78, 5) is 27.1. The summed E-state index contributed by atoms with van der Waals surface area (Å²) in [6.45, 7) is 3.69. The molecule has 0 saturated carbocycles. The van der Waals surface area contributed by atoms with Crippen molar-refractivity contribution in [3.63, 3.8) is 0 Å². The molecule has 7 nitrogen and oxygen atoms in total. The van der Waals surface area contributed by atoms with E-state index in [2.05, 4.69) is 20.5 Å². The number of hydrogen-bond acceptors (Lipinski definition) is 4. The number of hydrogen-bond donors (Lipinski definition) is 3. The zero-order valence-electron chi connectivity index (χ0n) is 11.2. The molecular weight excluding hydrogens is 258 g/mol. The molecule has 0 fully saturated rings. The van der Waals surface area contributed by atoms with Crippen molar-refractivity contribution in [2.45, 2.75) is 20.3 Å². The number of aromatic nitrogens is 3. The zero-order chi connectivity index (χ0) is 14.7. The lowest BCUT2D eigenvalue weighted by Gasteiger charge is -2.07. The first-order valence-electron chi connectivity index (χ1n) is 6.14. The highest BCUT2D eigenvalue weighted by molar-refractivity contribution is 6.02. The van der Waals surface area contributed by atoms with Gasteiger partial charge in [0.25, 0.3) is 5.91 Å². The third-order valence-electron chi connectivity index (χ3n) is 2.83. The highest BCUT2D eigenvalue weighted by Crippen LogP contribution is 2.16. The van der Waals surface area contributed by atoms with Crippen LogP contribution in [0.3, 0.4) is 0 Å². The molecule has 1 aromatic carbocycles. The van der Waals surface area contributed by atoms with E-state index in [-0.39, 0.29) is 5.82 Å². The van der Waals surface area contributed by atoms with E-state index in [1.807, 2.05) is 6.92 Å². The van der Waals surface area contributed by atoms with Gasteiger partial charge in [0.15, 0.2) is 0 Å². The van der Waals surface area contributed by atoms with E-state index in [0.29, 0.717) is 23.5 Å². The molecule has 20 heavy (non-hydrogen) atoms. The van der Waals surface area contributed by atoms with E-state index in [1.165, 1.54) is 0 Å². The van der Waals surface area contributed by atoms with Gasteiger partial charge in [-0.05, 0) is 30.7 Å². The van der Waals surface area contributed by atoms with Crippen molar-refractivity contribution in [3.8, 4) is 0 Å². The Hall–Kier alpha value is -2.70. The normalized spacial score (nSPS) is 10.3. The van der Waals surface area contributed by atoms with E-state index in [9.17, 15) is 9.59 Å². The Morgan fingerprint density at radius 3 is 2.70 bits per heavy atom. The van der Waals surface area contributed by atoms with Crippen LogP contribution >= 0.6 is 0 Å². The zero-order valence-corrected chi connectivity index (χ0v) is 11.2. The lowest BCUT2D eigenvalue weighted by molar-refractivity contribution is 0.0997. The van der Waals surface area contributed by atoms with E-state index in [0.717, 1.165) is 5.56 Å². The van der Waals surface area contributed by atoms with Gasteiger partial charge in [0.1, 0.15) is 5.82 Å². The highest BCUT2D eigenvalue weighted by Gasteiger charge is 2.13. The minimum absolute atomic E-state index is 0.0835. The van der Waals surface area contributed by atoms with Crippen LogP contribution in [0.15, 0.2) is 18.2 Å². The summed E-state index contributed by atoms with van der Waals surface area (Å²) >= 11 is 0. The molecule has 2 aromatic rings. The van der Waals surface area contributed by atoms with E-state index < -0.39 is 11.8 Å². The number of carbonyl (C=O) groups excluding carboxylic acids is 2. The van der Waals surface area contributed by atoms with Crippen LogP contribution in [-0.4, -0.2) is 27.0 Å². The molecule has 0 atom stereocenters. The second-order valence-corrected chi connectivity index (χ2v) is 4.31. The smallest absolute Gasteiger partial charge is 0.295 e. The summed E-state index contributed by atoms with van der Waals surface area (Å²) in [5.74, 6) is -0.181. The molecule has 0 saturated heterocycles. The van der Waals surface area contributed by atoms with E-state index >= 15 is 0 Å². The van der Waals surface area contributed by atoms with Crippen molar-refractivity contribution in [1.29, 1.82) is 0 Å². The third kappa shape index (κ3) is 2.82. The van der Waals surface area contributed by atoms with Gasteiger partial charge in [-0.1, -0.05) is 6.92 Å². The SMILES string of the molecule is CCc1nc(C(=O)Nc2ccc(C(N)=O)cc2C)n[nH]1. The van der Waals surface area contributed by atoms with Gasteiger partial charge in [-0.2, -0.15) is 0 Å². The number of amides is 2. The molecule has 2 rings (SSSR count). The summed E-state index contributed by atoms with van der Waals surface area (Å²) in [5.41, 5.74) is 6.91. The number of anilines is 1. The first-order valence-corrected chi connectivity index (χ1v) is 6.14. The molecule has 104 valence electrons. The van der Waals surface area contributed by atoms with Crippen molar-refractivity contribution in [2.75, 3.05) is 5.32 Å². The molecule has 0 unspecified atom stereocenters. The summed E-state index contributed by atoms with van der Waals surface area (Å²) < 4.78 is 0. The lowest BCUT2D eigenvalue weighted by Crippen LogP contribution is -2.16. The van der Waals surface area contributed by atoms with Gasteiger partial charge in [-0.25, -0.2) is 4.98 Å². The number of H-pyrrole nitrogens is 1. The van der Waals surface area contributed by atoms with Crippen LogP contribution in [0.2, 0.25) is 0 Å². The highest BCUT2D eigenvalue weighted by atomic mass is 16.2. The molecule has 0 aliphatic heterocycles. The minimum atomic E-state index is -0.507. The summed E-state index contributed by atoms with van der Waals surface area (Å²) in [7, 11) is 0. The Morgan fingerprint density at radius 2 is 2.15 bits per heavy atom. The number of rotatable bonds is 4. The van der Waals surface area contributed by atoms with Crippen LogP contribution in [0, 0.1) is 6.92 Å². The summed E-state index contributed by atoms with van der Waals surface area (Å²) in [5, 5.41) is 9.21. The van der Waals surface area contributed by atoms with Crippen LogP contribution in [0.4, 0.5) is 5.69 Å². The fourth-order valence-corrected chi connectivity index (χ4v) is 1.69. The van der Waals surface area contributed by atoms with Gasteiger partial charge in [-0.3, -0.25) is 14.7 Å². The molecule has 0 radical (unpaired) electrons. The second kappa shape index (κ2) is 5.52. The Balaban J connectivity index is 2.17.